The van der Waals surface area contributed by atoms with Crippen molar-refractivity contribution in [3.63, 3.8) is 0 Å². The van der Waals surface area contributed by atoms with Crippen LogP contribution in [-0.4, -0.2) is 39.1 Å². The number of benzene rings is 2. The average molecular weight is 367 g/mol. The van der Waals surface area contributed by atoms with Crippen molar-refractivity contribution in [1.29, 1.82) is 0 Å². The van der Waals surface area contributed by atoms with Crippen molar-refractivity contribution in [1.82, 2.24) is 5.32 Å². The van der Waals surface area contributed by atoms with Crippen LogP contribution in [0.2, 0.25) is 0 Å². The second-order valence-corrected chi connectivity index (χ2v) is 6.77. The van der Waals surface area contributed by atoms with Crippen molar-refractivity contribution < 1.29 is 14.3 Å². The summed E-state index contributed by atoms with van der Waals surface area (Å²) in [6.45, 7) is 1.18. The first-order chi connectivity index (χ1) is 13.0. The number of hydrogen-bond donors (Lipinski definition) is 1. The Morgan fingerprint density at radius 1 is 1.11 bits per heavy atom. The van der Waals surface area contributed by atoms with E-state index < -0.39 is 0 Å². The SMILES string of the molecule is CN(C)c1ccc(CNC(=O)COc2ccc(N3CCCC3=O)cc2)cc1. The Morgan fingerprint density at radius 2 is 1.81 bits per heavy atom. The molecule has 2 aromatic carbocycles. The normalized spacial score (nSPS) is 13.6. The minimum Gasteiger partial charge on any atom is -0.484 e. The molecule has 142 valence electrons. The van der Waals surface area contributed by atoms with Crippen LogP contribution >= 0.6 is 0 Å². The van der Waals surface area contributed by atoms with Crippen LogP contribution in [0.5, 0.6) is 5.75 Å². The van der Waals surface area contributed by atoms with Crippen LogP contribution in [0.15, 0.2) is 48.5 Å². The molecule has 0 unspecified atom stereocenters. The molecule has 1 aliphatic rings. The molecular weight excluding hydrogens is 342 g/mol. The third-order valence-corrected chi connectivity index (χ3v) is 4.53. The smallest absolute Gasteiger partial charge is 0.258 e. The van der Waals surface area contributed by atoms with Crippen LogP contribution < -0.4 is 19.9 Å². The van der Waals surface area contributed by atoms with Crippen LogP contribution in [0, 0.1) is 0 Å². The third-order valence-electron chi connectivity index (χ3n) is 4.53. The zero-order chi connectivity index (χ0) is 19.2. The number of hydrogen-bond acceptors (Lipinski definition) is 4. The summed E-state index contributed by atoms with van der Waals surface area (Å²) >= 11 is 0. The zero-order valence-corrected chi connectivity index (χ0v) is 15.8. The van der Waals surface area contributed by atoms with Crippen LogP contribution in [0.1, 0.15) is 18.4 Å². The molecule has 0 saturated carbocycles. The molecule has 0 bridgehead atoms. The lowest BCUT2D eigenvalue weighted by molar-refractivity contribution is -0.123. The number of anilines is 2. The fraction of sp³-hybridized carbons (Fsp3) is 0.333. The highest BCUT2D eigenvalue weighted by atomic mass is 16.5. The van der Waals surface area contributed by atoms with Gasteiger partial charge in [-0.15, -0.1) is 0 Å². The number of ether oxygens (including phenoxy) is 1. The van der Waals surface area contributed by atoms with Gasteiger partial charge in [0.15, 0.2) is 6.61 Å². The summed E-state index contributed by atoms with van der Waals surface area (Å²) in [6.07, 6.45) is 1.51. The Morgan fingerprint density at radius 3 is 2.41 bits per heavy atom. The predicted molar refractivity (Wildman–Crippen MR) is 106 cm³/mol. The largest absolute Gasteiger partial charge is 0.484 e. The first-order valence-electron chi connectivity index (χ1n) is 9.09. The molecule has 1 fully saturated rings. The number of amides is 2. The van der Waals surface area contributed by atoms with E-state index in [0.717, 1.165) is 29.9 Å². The summed E-state index contributed by atoms with van der Waals surface area (Å²) in [4.78, 5) is 27.5. The lowest BCUT2D eigenvalue weighted by Crippen LogP contribution is -2.28. The summed E-state index contributed by atoms with van der Waals surface area (Å²) in [5, 5.41) is 2.85. The van der Waals surface area contributed by atoms with Crippen molar-refractivity contribution in [3.8, 4) is 5.75 Å². The van der Waals surface area contributed by atoms with Crippen LogP contribution in [0.3, 0.4) is 0 Å². The fourth-order valence-electron chi connectivity index (χ4n) is 2.96. The lowest BCUT2D eigenvalue weighted by atomic mass is 10.2. The Bertz CT molecular complexity index is 785. The van der Waals surface area contributed by atoms with Crippen molar-refractivity contribution >= 4 is 23.2 Å². The maximum absolute atomic E-state index is 12.0. The summed E-state index contributed by atoms with van der Waals surface area (Å²) in [6, 6.07) is 15.3. The summed E-state index contributed by atoms with van der Waals surface area (Å²) in [7, 11) is 3.98. The van der Waals surface area contributed by atoms with Gasteiger partial charge < -0.3 is 19.9 Å². The molecule has 1 saturated heterocycles. The topological polar surface area (TPSA) is 61.9 Å². The van der Waals surface area contributed by atoms with Crippen molar-refractivity contribution in [2.24, 2.45) is 0 Å². The summed E-state index contributed by atoms with van der Waals surface area (Å²) < 4.78 is 5.53. The molecule has 3 rings (SSSR count). The molecule has 6 nitrogen and oxygen atoms in total. The van der Waals surface area contributed by atoms with Gasteiger partial charge in [0.1, 0.15) is 5.75 Å². The van der Waals surface area contributed by atoms with Gasteiger partial charge in [0, 0.05) is 45.0 Å². The van der Waals surface area contributed by atoms with Crippen molar-refractivity contribution in [2.45, 2.75) is 19.4 Å². The molecule has 27 heavy (non-hydrogen) atoms. The van der Waals surface area contributed by atoms with Gasteiger partial charge in [-0.05, 0) is 48.4 Å². The van der Waals surface area contributed by atoms with Crippen molar-refractivity contribution in [2.75, 3.05) is 37.0 Å². The lowest BCUT2D eigenvalue weighted by Gasteiger charge is -2.16. The quantitative estimate of drug-likeness (QED) is 0.817. The fourth-order valence-corrected chi connectivity index (χ4v) is 2.96. The van der Waals surface area contributed by atoms with Gasteiger partial charge in [-0.2, -0.15) is 0 Å². The van der Waals surface area contributed by atoms with E-state index in [2.05, 4.69) is 5.32 Å². The average Bonchev–Trinajstić information content (AvgIpc) is 3.11. The van der Waals surface area contributed by atoms with Gasteiger partial charge >= 0.3 is 0 Å². The van der Waals surface area contributed by atoms with Gasteiger partial charge in [0.25, 0.3) is 5.91 Å². The summed E-state index contributed by atoms with van der Waals surface area (Å²) in [5.41, 5.74) is 3.02. The first-order valence-corrected chi connectivity index (χ1v) is 9.09. The van der Waals surface area contributed by atoms with E-state index in [1.807, 2.05) is 55.4 Å². The van der Waals surface area contributed by atoms with E-state index in [-0.39, 0.29) is 18.4 Å². The molecule has 0 aromatic heterocycles. The van der Waals surface area contributed by atoms with E-state index in [1.54, 1.807) is 17.0 Å². The number of nitrogens with zero attached hydrogens (tertiary/aromatic N) is 2. The maximum atomic E-state index is 12.0. The second-order valence-electron chi connectivity index (χ2n) is 6.77. The van der Waals surface area contributed by atoms with E-state index in [4.69, 9.17) is 4.74 Å². The van der Waals surface area contributed by atoms with Crippen molar-refractivity contribution in [3.05, 3.63) is 54.1 Å². The number of carbonyl (C=O) groups excluding carboxylic acids is 2. The Labute approximate surface area is 159 Å². The monoisotopic (exact) mass is 367 g/mol. The molecule has 1 aliphatic heterocycles. The van der Waals surface area contributed by atoms with E-state index >= 15 is 0 Å². The van der Waals surface area contributed by atoms with Gasteiger partial charge in [0.2, 0.25) is 5.91 Å². The predicted octanol–water partition coefficient (Wildman–Crippen LogP) is 2.57. The molecule has 2 aromatic rings. The highest BCUT2D eigenvalue weighted by Crippen LogP contribution is 2.23. The molecule has 0 atom stereocenters. The molecule has 0 radical (unpaired) electrons. The number of rotatable bonds is 7. The van der Waals surface area contributed by atoms with Crippen LogP contribution in [0.25, 0.3) is 0 Å². The minimum atomic E-state index is -0.175. The van der Waals surface area contributed by atoms with E-state index in [9.17, 15) is 9.59 Å². The highest BCUT2D eigenvalue weighted by molar-refractivity contribution is 5.95. The Balaban J connectivity index is 1.44. The van der Waals surface area contributed by atoms with Crippen LogP contribution in [0.4, 0.5) is 11.4 Å². The Kier molecular flexibility index (Phi) is 5.96. The maximum Gasteiger partial charge on any atom is 0.258 e. The van der Waals surface area contributed by atoms with E-state index in [1.165, 1.54) is 0 Å². The number of carbonyl (C=O) groups is 2. The van der Waals surface area contributed by atoms with Gasteiger partial charge in [-0.25, -0.2) is 0 Å². The van der Waals surface area contributed by atoms with E-state index in [0.29, 0.717) is 18.7 Å². The van der Waals surface area contributed by atoms with Gasteiger partial charge in [0.05, 0.1) is 0 Å². The standard InChI is InChI=1S/C21H25N3O3/c1-23(2)17-7-5-16(6-8-17)14-22-20(25)15-27-19-11-9-18(10-12-19)24-13-3-4-21(24)26/h5-12H,3-4,13-15H2,1-2H3,(H,22,25). The molecule has 6 heteroatoms. The second kappa shape index (κ2) is 8.58. The molecule has 1 N–H and O–H groups in total. The Hall–Kier alpha value is -3.02. The molecule has 2 amide bonds. The molecular formula is C21H25N3O3. The van der Waals surface area contributed by atoms with Gasteiger partial charge in [-0.3, -0.25) is 9.59 Å². The molecule has 1 heterocycles. The number of nitrogens with one attached hydrogen (secondary N) is 1. The third kappa shape index (κ3) is 5.00. The zero-order valence-electron chi connectivity index (χ0n) is 15.8. The molecule has 0 spiro atoms. The minimum absolute atomic E-state index is 0.0439. The van der Waals surface area contributed by atoms with Crippen LogP contribution in [-0.2, 0) is 16.1 Å². The highest BCUT2D eigenvalue weighted by Gasteiger charge is 2.21. The first kappa shape index (κ1) is 18.8. The van der Waals surface area contributed by atoms with Gasteiger partial charge in [-0.1, -0.05) is 12.1 Å². The summed E-state index contributed by atoms with van der Waals surface area (Å²) in [5.74, 6) is 0.586. The molecule has 0 aliphatic carbocycles.